The number of halogens is 1. The number of sulfone groups is 1. The van der Waals surface area contributed by atoms with Gasteiger partial charge in [0, 0.05) is 4.47 Å². The molecule has 1 aromatic carbocycles. The molecule has 2 rings (SSSR count). The molecular formula is C10H9BrN2O2S. The van der Waals surface area contributed by atoms with Crippen molar-refractivity contribution >= 4 is 31.5 Å². The smallest absolute Gasteiger partial charge is 0.183 e. The molecule has 0 saturated carbocycles. The summed E-state index contributed by atoms with van der Waals surface area (Å²) in [4.78, 5) is 0.269. The lowest BCUT2D eigenvalue weighted by Gasteiger charge is -2.23. The molecule has 1 unspecified atom stereocenters. The lowest BCUT2D eigenvalue weighted by Crippen LogP contribution is -2.33. The largest absolute Gasteiger partial charge is 0.367 e. The van der Waals surface area contributed by atoms with Crippen LogP contribution in [0.3, 0.4) is 0 Å². The van der Waals surface area contributed by atoms with E-state index in [4.69, 9.17) is 5.26 Å². The molecule has 0 radical (unpaired) electrons. The van der Waals surface area contributed by atoms with Crippen LogP contribution >= 0.6 is 15.9 Å². The number of hydrogen-bond acceptors (Lipinski definition) is 4. The lowest BCUT2D eigenvalue weighted by atomic mass is 10.2. The summed E-state index contributed by atoms with van der Waals surface area (Å²) in [5.74, 6) is -0.174. The Morgan fingerprint density at radius 2 is 2.25 bits per heavy atom. The van der Waals surface area contributed by atoms with Gasteiger partial charge in [-0.15, -0.1) is 0 Å². The minimum absolute atomic E-state index is 0.174. The van der Waals surface area contributed by atoms with E-state index in [9.17, 15) is 8.42 Å². The normalized spacial score (nSPS) is 21.7. The number of rotatable bonds is 0. The number of nitriles is 1. The molecular weight excluding hydrogens is 292 g/mol. The average Bonchev–Trinajstić information content (AvgIpc) is 2.18. The van der Waals surface area contributed by atoms with Gasteiger partial charge in [0.15, 0.2) is 9.84 Å². The second-order valence-corrected chi connectivity index (χ2v) is 6.58. The average molecular weight is 301 g/mol. The molecule has 1 heterocycles. The highest BCUT2D eigenvalue weighted by Gasteiger charge is 2.31. The molecule has 1 aromatic rings. The molecule has 0 aromatic heterocycles. The summed E-state index contributed by atoms with van der Waals surface area (Å²) in [7, 11) is -3.36. The van der Waals surface area contributed by atoms with Gasteiger partial charge >= 0.3 is 0 Å². The third-order valence-corrected chi connectivity index (χ3v) is 4.78. The van der Waals surface area contributed by atoms with Crippen molar-refractivity contribution in [3.05, 3.63) is 22.2 Å². The molecule has 0 aliphatic carbocycles. The summed E-state index contributed by atoms with van der Waals surface area (Å²) in [6.45, 7) is 1.83. The van der Waals surface area contributed by atoms with Gasteiger partial charge in [-0.25, -0.2) is 8.42 Å². The first-order chi connectivity index (χ1) is 7.44. The van der Waals surface area contributed by atoms with Gasteiger partial charge in [0.1, 0.15) is 6.04 Å². The van der Waals surface area contributed by atoms with Crippen LogP contribution in [0.1, 0.15) is 5.56 Å². The molecule has 1 aliphatic heterocycles. The SMILES string of the molecule is Cc1cc(Br)c2c(c1)S(=O)(=O)CC(C#N)N2. The number of benzene rings is 1. The summed E-state index contributed by atoms with van der Waals surface area (Å²) < 4.78 is 24.5. The second kappa shape index (κ2) is 3.75. The van der Waals surface area contributed by atoms with Crippen molar-refractivity contribution in [3.8, 4) is 6.07 Å². The summed E-state index contributed by atoms with van der Waals surface area (Å²) in [5, 5.41) is 11.7. The van der Waals surface area contributed by atoms with Gasteiger partial charge in [0.05, 0.1) is 22.4 Å². The Hall–Kier alpha value is -1.06. The van der Waals surface area contributed by atoms with Crippen LogP contribution in [0.2, 0.25) is 0 Å². The molecule has 0 bridgehead atoms. The predicted octanol–water partition coefficient (Wildman–Crippen LogP) is 1.85. The Labute approximate surface area is 102 Å². The fraction of sp³-hybridized carbons (Fsp3) is 0.300. The van der Waals surface area contributed by atoms with Crippen LogP contribution in [0.25, 0.3) is 0 Å². The fourth-order valence-electron chi connectivity index (χ4n) is 1.69. The zero-order valence-corrected chi connectivity index (χ0v) is 10.9. The van der Waals surface area contributed by atoms with Crippen LogP contribution in [-0.4, -0.2) is 20.2 Å². The van der Waals surface area contributed by atoms with E-state index in [1.807, 2.05) is 19.1 Å². The zero-order valence-electron chi connectivity index (χ0n) is 8.49. The Bertz CT molecular complexity index is 590. The minimum Gasteiger partial charge on any atom is -0.367 e. The molecule has 0 spiro atoms. The van der Waals surface area contributed by atoms with Crippen LogP contribution < -0.4 is 5.32 Å². The maximum atomic E-state index is 11.9. The van der Waals surface area contributed by atoms with Gasteiger partial charge < -0.3 is 5.32 Å². The molecule has 1 atom stereocenters. The molecule has 84 valence electrons. The van der Waals surface area contributed by atoms with Gasteiger partial charge in [-0.2, -0.15) is 5.26 Å². The monoisotopic (exact) mass is 300 g/mol. The standard InChI is InChI=1S/C10H9BrN2O2S/c1-6-2-8(11)10-9(3-6)16(14,15)5-7(4-12)13-10/h2-3,7,13H,5H2,1H3. The Kier molecular flexibility index (Phi) is 2.68. The third-order valence-electron chi connectivity index (χ3n) is 2.39. The summed E-state index contributed by atoms with van der Waals surface area (Å²) >= 11 is 3.30. The summed E-state index contributed by atoms with van der Waals surface area (Å²) in [5.41, 5.74) is 1.36. The number of anilines is 1. The molecule has 16 heavy (non-hydrogen) atoms. The van der Waals surface area contributed by atoms with Crippen LogP contribution in [0.15, 0.2) is 21.5 Å². The number of nitrogens with zero attached hydrogens (tertiary/aromatic N) is 1. The number of hydrogen-bond donors (Lipinski definition) is 1. The van der Waals surface area contributed by atoms with E-state index in [0.29, 0.717) is 10.2 Å². The lowest BCUT2D eigenvalue weighted by molar-refractivity contribution is 0.591. The van der Waals surface area contributed by atoms with E-state index >= 15 is 0 Å². The van der Waals surface area contributed by atoms with Gasteiger partial charge in [0.25, 0.3) is 0 Å². The highest BCUT2D eigenvalue weighted by molar-refractivity contribution is 9.10. The highest BCUT2D eigenvalue weighted by Crippen LogP contribution is 2.35. The molecule has 0 fully saturated rings. The fourth-order valence-corrected chi connectivity index (χ4v) is 4.13. The first-order valence-electron chi connectivity index (χ1n) is 4.63. The Balaban J connectivity index is 2.70. The molecule has 6 heteroatoms. The molecule has 1 aliphatic rings. The molecule has 0 saturated heterocycles. The number of aryl methyl sites for hydroxylation is 1. The van der Waals surface area contributed by atoms with E-state index < -0.39 is 15.9 Å². The molecule has 0 amide bonds. The van der Waals surface area contributed by atoms with Crippen molar-refractivity contribution in [2.24, 2.45) is 0 Å². The quantitative estimate of drug-likeness (QED) is 0.794. The molecule has 4 nitrogen and oxygen atoms in total. The van der Waals surface area contributed by atoms with Gasteiger partial charge in [-0.05, 0) is 40.5 Å². The van der Waals surface area contributed by atoms with E-state index in [-0.39, 0.29) is 10.6 Å². The van der Waals surface area contributed by atoms with E-state index in [1.54, 1.807) is 6.07 Å². The second-order valence-electron chi connectivity index (χ2n) is 3.73. The van der Waals surface area contributed by atoms with Crippen molar-refractivity contribution in [2.75, 3.05) is 11.1 Å². The van der Waals surface area contributed by atoms with E-state index in [2.05, 4.69) is 21.2 Å². The van der Waals surface area contributed by atoms with Crippen LogP contribution in [-0.2, 0) is 9.84 Å². The summed E-state index contributed by atoms with van der Waals surface area (Å²) in [6.07, 6.45) is 0. The van der Waals surface area contributed by atoms with Crippen LogP contribution in [0, 0.1) is 18.3 Å². The predicted molar refractivity (Wildman–Crippen MR) is 64.0 cm³/mol. The Morgan fingerprint density at radius 1 is 1.56 bits per heavy atom. The summed E-state index contributed by atoms with van der Waals surface area (Å²) in [6, 6.07) is 4.69. The van der Waals surface area contributed by atoms with Gasteiger partial charge in [0.2, 0.25) is 0 Å². The maximum Gasteiger partial charge on any atom is 0.183 e. The number of fused-ring (bicyclic) bond motifs is 1. The van der Waals surface area contributed by atoms with Crippen molar-refractivity contribution in [2.45, 2.75) is 17.9 Å². The van der Waals surface area contributed by atoms with Crippen molar-refractivity contribution in [3.63, 3.8) is 0 Å². The van der Waals surface area contributed by atoms with E-state index in [0.717, 1.165) is 5.56 Å². The number of nitrogens with one attached hydrogen (secondary N) is 1. The Morgan fingerprint density at radius 3 is 2.88 bits per heavy atom. The first-order valence-corrected chi connectivity index (χ1v) is 7.07. The van der Waals surface area contributed by atoms with Gasteiger partial charge in [-0.3, -0.25) is 0 Å². The van der Waals surface area contributed by atoms with Crippen LogP contribution in [0.4, 0.5) is 5.69 Å². The highest BCUT2D eigenvalue weighted by atomic mass is 79.9. The van der Waals surface area contributed by atoms with E-state index in [1.165, 1.54) is 0 Å². The third kappa shape index (κ3) is 1.81. The topological polar surface area (TPSA) is 70.0 Å². The zero-order chi connectivity index (χ0) is 11.9. The first kappa shape index (κ1) is 11.4. The van der Waals surface area contributed by atoms with Gasteiger partial charge in [-0.1, -0.05) is 0 Å². The molecule has 1 N–H and O–H groups in total. The van der Waals surface area contributed by atoms with Crippen molar-refractivity contribution in [1.29, 1.82) is 5.26 Å². The maximum absolute atomic E-state index is 11.9. The van der Waals surface area contributed by atoms with Crippen molar-refractivity contribution in [1.82, 2.24) is 0 Å². The minimum atomic E-state index is -3.36. The van der Waals surface area contributed by atoms with Crippen molar-refractivity contribution < 1.29 is 8.42 Å². The van der Waals surface area contributed by atoms with Crippen LogP contribution in [0.5, 0.6) is 0 Å².